The van der Waals surface area contributed by atoms with E-state index in [0.29, 0.717) is 30.2 Å². The van der Waals surface area contributed by atoms with Crippen molar-refractivity contribution < 1.29 is 4.79 Å². The van der Waals surface area contributed by atoms with Gasteiger partial charge in [-0.25, -0.2) is 0 Å². The van der Waals surface area contributed by atoms with Gasteiger partial charge in [0.2, 0.25) is 0 Å². The van der Waals surface area contributed by atoms with Crippen molar-refractivity contribution in [2.24, 2.45) is 5.92 Å². The molecule has 19 heavy (non-hydrogen) atoms. The smallest absolute Gasteiger partial charge is 0.136 e. The topological polar surface area (TPSA) is 33.2 Å². The van der Waals surface area contributed by atoms with Crippen LogP contribution in [0.4, 0.5) is 0 Å². The van der Waals surface area contributed by atoms with Crippen LogP contribution in [-0.4, -0.2) is 34.8 Å². The van der Waals surface area contributed by atoms with Gasteiger partial charge in [0.25, 0.3) is 0 Å². The Hall–Kier alpha value is -1.22. The zero-order valence-electron chi connectivity index (χ0n) is 11.6. The molecule has 0 N–H and O–H groups in total. The molecule has 3 heterocycles. The van der Waals surface area contributed by atoms with Gasteiger partial charge in [-0.3, -0.25) is 9.78 Å². The fourth-order valence-corrected chi connectivity index (χ4v) is 3.68. The molecular formula is C16H22N2O. The highest BCUT2D eigenvalue weighted by Crippen LogP contribution is 2.38. The quantitative estimate of drug-likeness (QED) is 0.831. The molecule has 3 rings (SSSR count). The number of pyridine rings is 1. The van der Waals surface area contributed by atoms with Gasteiger partial charge in [0.15, 0.2) is 0 Å². The number of carbonyl (C=O) groups excluding carboxylic acids is 1. The Balaban J connectivity index is 1.54. The third-order valence-corrected chi connectivity index (χ3v) is 4.91. The van der Waals surface area contributed by atoms with Crippen molar-refractivity contribution in [1.82, 2.24) is 9.88 Å². The summed E-state index contributed by atoms with van der Waals surface area (Å²) < 4.78 is 0. The molecular weight excluding hydrogens is 236 g/mol. The lowest BCUT2D eigenvalue weighted by Gasteiger charge is -2.35. The van der Waals surface area contributed by atoms with E-state index in [-0.39, 0.29) is 0 Å². The van der Waals surface area contributed by atoms with E-state index in [1.807, 2.05) is 18.2 Å². The number of carbonyl (C=O) groups is 1. The van der Waals surface area contributed by atoms with Crippen LogP contribution in [0.25, 0.3) is 0 Å². The Labute approximate surface area is 115 Å². The van der Waals surface area contributed by atoms with Crippen LogP contribution in [-0.2, 0) is 11.2 Å². The second-order valence-corrected chi connectivity index (χ2v) is 6.01. The molecule has 2 atom stereocenters. The average molecular weight is 258 g/mol. The summed E-state index contributed by atoms with van der Waals surface area (Å²) in [6, 6.07) is 7.22. The van der Waals surface area contributed by atoms with Crippen molar-refractivity contribution in [3.05, 3.63) is 30.1 Å². The van der Waals surface area contributed by atoms with E-state index in [9.17, 15) is 4.79 Å². The summed E-state index contributed by atoms with van der Waals surface area (Å²) in [5.41, 5.74) is 1.03. The van der Waals surface area contributed by atoms with Crippen molar-refractivity contribution in [3.63, 3.8) is 0 Å². The highest BCUT2D eigenvalue weighted by molar-refractivity contribution is 5.81. The zero-order valence-corrected chi connectivity index (χ0v) is 11.6. The molecule has 3 heteroatoms. The Kier molecular flexibility index (Phi) is 3.65. The second kappa shape index (κ2) is 5.41. The second-order valence-electron chi connectivity index (χ2n) is 6.01. The number of aromatic nitrogens is 1. The Morgan fingerprint density at radius 1 is 1.32 bits per heavy atom. The van der Waals surface area contributed by atoms with Crippen molar-refractivity contribution in [2.45, 2.75) is 50.6 Å². The number of hydrogen-bond acceptors (Lipinski definition) is 3. The van der Waals surface area contributed by atoms with Gasteiger partial charge in [-0.05, 0) is 51.3 Å². The molecule has 1 aromatic heterocycles. The first-order chi connectivity index (χ1) is 9.24. The first-order valence-corrected chi connectivity index (χ1v) is 7.38. The summed E-state index contributed by atoms with van der Waals surface area (Å²) in [5, 5.41) is 0. The van der Waals surface area contributed by atoms with Gasteiger partial charge in [-0.2, -0.15) is 0 Å². The number of hydrogen-bond donors (Lipinski definition) is 0. The predicted octanol–water partition coefficient (Wildman–Crippen LogP) is 2.46. The third-order valence-electron chi connectivity index (χ3n) is 4.91. The number of fused-ring (bicyclic) bond motifs is 2. The summed E-state index contributed by atoms with van der Waals surface area (Å²) >= 11 is 0. The molecule has 0 radical (unpaired) electrons. The maximum atomic E-state index is 12.4. The van der Waals surface area contributed by atoms with Gasteiger partial charge >= 0.3 is 0 Å². The van der Waals surface area contributed by atoms with Crippen LogP contribution in [0.1, 0.15) is 37.8 Å². The van der Waals surface area contributed by atoms with Gasteiger partial charge in [0, 0.05) is 36.3 Å². The fraction of sp³-hybridized carbons (Fsp3) is 0.625. The minimum Gasteiger partial charge on any atom is -0.300 e. The lowest BCUT2D eigenvalue weighted by Crippen LogP contribution is -2.42. The number of rotatable bonds is 4. The summed E-state index contributed by atoms with van der Waals surface area (Å²) in [4.78, 5) is 19.1. The summed E-state index contributed by atoms with van der Waals surface area (Å²) in [6.45, 7) is 0. The molecule has 2 fully saturated rings. The van der Waals surface area contributed by atoms with E-state index in [0.717, 1.165) is 25.0 Å². The zero-order chi connectivity index (χ0) is 13.2. The number of Topliss-reactive ketones (excluding diaryl/α,β-unsaturated/α-hetero) is 1. The minimum absolute atomic E-state index is 0.303. The van der Waals surface area contributed by atoms with E-state index < -0.39 is 0 Å². The monoisotopic (exact) mass is 258 g/mol. The normalized spacial score (nSPS) is 30.5. The lowest BCUT2D eigenvalue weighted by atomic mass is 9.86. The fourth-order valence-electron chi connectivity index (χ4n) is 3.68. The first kappa shape index (κ1) is 12.8. The molecule has 2 bridgehead atoms. The number of aryl methyl sites for hydroxylation is 1. The lowest BCUT2D eigenvalue weighted by molar-refractivity contribution is -0.125. The average Bonchev–Trinajstić information content (AvgIpc) is 2.68. The van der Waals surface area contributed by atoms with Crippen LogP contribution in [0.5, 0.6) is 0 Å². The Bertz CT molecular complexity index is 431. The molecule has 2 aliphatic heterocycles. The van der Waals surface area contributed by atoms with Crippen LogP contribution in [0.3, 0.4) is 0 Å². The van der Waals surface area contributed by atoms with E-state index in [4.69, 9.17) is 0 Å². The molecule has 3 nitrogen and oxygen atoms in total. The van der Waals surface area contributed by atoms with Crippen LogP contribution in [0.15, 0.2) is 24.4 Å². The SMILES string of the molecule is CN1C2CCC1CC(C(=O)CCc1ccccn1)C2. The highest BCUT2D eigenvalue weighted by Gasteiger charge is 2.40. The summed E-state index contributed by atoms with van der Waals surface area (Å²) in [6.07, 6.45) is 7.97. The molecule has 1 aromatic rings. The predicted molar refractivity (Wildman–Crippen MR) is 74.9 cm³/mol. The summed E-state index contributed by atoms with van der Waals surface area (Å²) in [7, 11) is 2.22. The molecule has 2 aliphatic rings. The third kappa shape index (κ3) is 2.71. The number of nitrogens with zero attached hydrogens (tertiary/aromatic N) is 2. The first-order valence-electron chi connectivity index (χ1n) is 7.38. The van der Waals surface area contributed by atoms with Crippen LogP contribution >= 0.6 is 0 Å². The van der Waals surface area contributed by atoms with Crippen molar-refractivity contribution >= 4 is 5.78 Å². The van der Waals surface area contributed by atoms with Gasteiger partial charge in [-0.15, -0.1) is 0 Å². The van der Waals surface area contributed by atoms with Gasteiger partial charge in [0.05, 0.1) is 0 Å². The number of piperidine rings is 1. The molecule has 0 spiro atoms. The maximum absolute atomic E-state index is 12.4. The van der Waals surface area contributed by atoms with E-state index in [1.54, 1.807) is 6.20 Å². The van der Waals surface area contributed by atoms with Crippen molar-refractivity contribution in [3.8, 4) is 0 Å². The molecule has 0 amide bonds. The van der Waals surface area contributed by atoms with Crippen molar-refractivity contribution in [1.29, 1.82) is 0 Å². The molecule has 2 saturated heterocycles. The van der Waals surface area contributed by atoms with E-state index in [2.05, 4.69) is 16.9 Å². The summed E-state index contributed by atoms with van der Waals surface area (Å²) in [5.74, 6) is 0.757. The van der Waals surface area contributed by atoms with Crippen molar-refractivity contribution in [2.75, 3.05) is 7.05 Å². The Morgan fingerprint density at radius 2 is 2.05 bits per heavy atom. The molecule has 0 saturated carbocycles. The largest absolute Gasteiger partial charge is 0.300 e. The van der Waals surface area contributed by atoms with E-state index >= 15 is 0 Å². The number of ketones is 1. The molecule has 0 aromatic carbocycles. The van der Waals surface area contributed by atoms with Crippen LogP contribution in [0.2, 0.25) is 0 Å². The van der Waals surface area contributed by atoms with Crippen LogP contribution < -0.4 is 0 Å². The minimum atomic E-state index is 0.303. The molecule has 2 unspecified atom stereocenters. The maximum Gasteiger partial charge on any atom is 0.136 e. The molecule has 0 aliphatic carbocycles. The van der Waals surface area contributed by atoms with Gasteiger partial charge < -0.3 is 4.90 Å². The van der Waals surface area contributed by atoms with Gasteiger partial charge in [0.1, 0.15) is 5.78 Å². The van der Waals surface area contributed by atoms with Crippen LogP contribution in [0, 0.1) is 5.92 Å². The standard InChI is InChI=1S/C16H22N2O/c1-18-14-6-7-15(18)11-12(10-14)16(19)8-5-13-4-2-3-9-17-13/h2-4,9,12,14-15H,5-8,10-11H2,1H3. The van der Waals surface area contributed by atoms with E-state index in [1.165, 1.54) is 12.8 Å². The Morgan fingerprint density at radius 3 is 2.68 bits per heavy atom. The molecule has 102 valence electrons. The highest BCUT2D eigenvalue weighted by atomic mass is 16.1. The van der Waals surface area contributed by atoms with Gasteiger partial charge in [-0.1, -0.05) is 6.07 Å².